The average Bonchev–Trinajstić information content (AvgIpc) is 4.32. The zero-order valence-electron chi connectivity index (χ0n) is 46.9. The Morgan fingerprint density at radius 3 is 1.27 bits per heavy atom. The van der Waals surface area contributed by atoms with E-state index in [-0.39, 0.29) is 141 Å². The fourth-order valence-electron chi connectivity index (χ4n) is 12.3. The van der Waals surface area contributed by atoms with Gasteiger partial charge < -0.3 is 44.1 Å². The number of hydrogen-bond acceptors (Lipinski definition) is 12. The fraction of sp³-hybridized carbons (Fsp3) is 0.729. The molecule has 2 aliphatic heterocycles. The number of anilines is 2. The second-order valence-electron chi connectivity index (χ2n) is 23.5. The molecule has 2 amide bonds. The molecule has 442 valence electrons. The molecule has 22 heteroatoms. The zero-order chi connectivity index (χ0) is 56.3. The van der Waals surface area contributed by atoms with Gasteiger partial charge in [0.2, 0.25) is 11.8 Å². The van der Waals surface area contributed by atoms with Crippen molar-refractivity contribution >= 4 is 57.8 Å². The third kappa shape index (κ3) is 15.8. The predicted molar refractivity (Wildman–Crippen MR) is 288 cm³/mol. The number of amides is 2. The number of nitrogens with zero attached hydrogens (tertiary/aromatic N) is 2. The fourth-order valence-corrected chi connectivity index (χ4v) is 14.0. The van der Waals surface area contributed by atoms with Gasteiger partial charge in [-0.25, -0.2) is 9.59 Å². The van der Waals surface area contributed by atoms with Crippen LogP contribution in [-0.4, -0.2) is 117 Å². The smallest absolute Gasteiger partial charge is 0.870 e. The summed E-state index contributed by atoms with van der Waals surface area (Å²) in [7, 11) is 1.27. The van der Waals surface area contributed by atoms with Crippen LogP contribution < -0.4 is 39.4 Å². The van der Waals surface area contributed by atoms with Gasteiger partial charge in [0.25, 0.3) is 0 Å². The molecule has 13 nitrogen and oxygen atoms in total. The minimum Gasteiger partial charge on any atom is -0.870 e. The summed E-state index contributed by atoms with van der Waals surface area (Å²) in [6.45, 7) is 7.00. The molecule has 8 fully saturated rings. The molecular formula is C59H75F6N2NaO11S2. The number of alkyl halides is 6. The molecule has 81 heavy (non-hydrogen) atoms. The minimum absolute atomic E-state index is 0. The Kier molecular flexibility index (Phi) is 22.5. The summed E-state index contributed by atoms with van der Waals surface area (Å²) in [6, 6.07) is 2.80. The number of aromatic carboxylic acids is 1. The average molecular weight is 1190 g/mol. The van der Waals surface area contributed by atoms with Crippen molar-refractivity contribution in [1.29, 1.82) is 0 Å². The number of hydrogen-bond donors (Lipinski definition) is 1. The molecule has 2 aromatic rings. The summed E-state index contributed by atoms with van der Waals surface area (Å²) < 4.78 is 109. The minimum atomic E-state index is -4.42. The Morgan fingerprint density at radius 1 is 0.580 bits per heavy atom. The second kappa shape index (κ2) is 27.9. The van der Waals surface area contributed by atoms with Crippen molar-refractivity contribution in [2.45, 2.75) is 204 Å². The Morgan fingerprint density at radius 2 is 0.951 bits per heavy atom. The number of carboxylic acids is 1. The normalized spacial score (nSPS) is 29.3. The van der Waals surface area contributed by atoms with Gasteiger partial charge >= 0.3 is 53.8 Å². The van der Waals surface area contributed by atoms with Crippen molar-refractivity contribution in [1.82, 2.24) is 0 Å². The van der Waals surface area contributed by atoms with Crippen LogP contribution in [0.2, 0.25) is 0 Å². The third-order valence-electron chi connectivity index (χ3n) is 17.7. The van der Waals surface area contributed by atoms with E-state index >= 15 is 0 Å². The standard InChI is InChI=1S/C30H38F3NO5S.C29H36F3NO5S.Na.H2O/c1-19-3-5-20(6-4-19)27(35)34(21-7-9-22(10-8-21)39-23-12-16-38-18-23)25-17-24(40-26(25)28(36)37-2)11-13-29(14-15-29)30(31,32)33;1-18-2-4-19(5-3-18)26(34)33(20-6-8-21(9-7-20)38-22-11-15-37-17-22)24-16-23(39-25(24)27(35)36)10-12-28(13-14-28)29(30,31)32;;/h17,19-23H,3-10,12,14-16,18H2,1-2H3;16,18-22H,2-9,11,13-15,17H2,1H3,(H,35,36);;1H2/q;;+1;/p-1. The summed E-state index contributed by atoms with van der Waals surface area (Å²) in [4.78, 5) is 57.5. The summed E-state index contributed by atoms with van der Waals surface area (Å²) in [5.41, 5.74) is -3.29. The summed E-state index contributed by atoms with van der Waals surface area (Å²) in [6.07, 6.45) is 5.93. The monoisotopic (exact) mass is 1190 g/mol. The Balaban J connectivity index is 0.000000228. The first-order valence-corrected chi connectivity index (χ1v) is 30.2. The zero-order valence-corrected chi connectivity index (χ0v) is 50.5. The summed E-state index contributed by atoms with van der Waals surface area (Å²) in [5.74, 6) is 8.98. The molecule has 2 atom stereocenters. The number of esters is 1. The second-order valence-corrected chi connectivity index (χ2v) is 25.6. The molecule has 2 aromatic heterocycles. The van der Waals surface area contributed by atoms with Gasteiger partial charge in [0.1, 0.15) is 20.6 Å². The van der Waals surface area contributed by atoms with Crippen molar-refractivity contribution < 1.29 is 109 Å². The molecular weight excluding hydrogens is 1110 g/mol. The molecule has 0 aromatic carbocycles. The van der Waals surface area contributed by atoms with Crippen LogP contribution in [0.5, 0.6) is 0 Å². The van der Waals surface area contributed by atoms with Crippen LogP contribution in [0.25, 0.3) is 0 Å². The Hall–Kier alpha value is -3.22. The molecule has 2 N–H and O–H groups in total. The Bertz CT molecular complexity index is 2610. The quantitative estimate of drug-likeness (QED) is 0.0929. The number of halogens is 6. The van der Waals surface area contributed by atoms with Crippen molar-refractivity contribution in [3.05, 3.63) is 31.6 Å². The van der Waals surface area contributed by atoms with Crippen LogP contribution in [0.15, 0.2) is 12.1 Å². The molecule has 0 bridgehead atoms. The number of methoxy groups -OCH3 is 1. The SMILES string of the molecule is CC1CCC(C(=O)N(c2cc(C#CC3(C(F)(F)F)CC3)sc2C(=O)O)C2CCC(OC3CCOC3)CC2)CC1.COC(=O)c1sc(C#CC2(C(F)(F)F)CC2)cc1N(C(=O)C1CCC(C)CC1)C1CCC(OC2CCOC2)CC1.[Na+].[OH-]. The van der Waals surface area contributed by atoms with Crippen molar-refractivity contribution in [2.24, 2.45) is 34.5 Å². The van der Waals surface area contributed by atoms with Crippen molar-refractivity contribution in [2.75, 3.05) is 43.3 Å². The van der Waals surface area contributed by atoms with E-state index in [4.69, 9.17) is 23.7 Å². The van der Waals surface area contributed by atoms with Crippen LogP contribution in [0.1, 0.15) is 184 Å². The number of rotatable bonds is 12. The summed E-state index contributed by atoms with van der Waals surface area (Å²) in [5, 5.41) is 10.0. The predicted octanol–water partition coefficient (Wildman–Crippen LogP) is 9.75. The van der Waals surface area contributed by atoms with Crippen LogP contribution in [-0.2, 0) is 33.3 Å². The first kappa shape index (κ1) is 65.3. The van der Waals surface area contributed by atoms with Crippen LogP contribution in [0, 0.1) is 58.2 Å². The molecule has 0 spiro atoms. The van der Waals surface area contributed by atoms with E-state index in [9.17, 15) is 50.6 Å². The topological polar surface area (TPSA) is 171 Å². The van der Waals surface area contributed by atoms with E-state index in [2.05, 4.69) is 37.5 Å². The van der Waals surface area contributed by atoms with Gasteiger partial charge in [0.05, 0.1) is 65.9 Å². The number of carbonyl (C=O) groups excluding carboxylic acids is 3. The number of thiophene rings is 2. The van der Waals surface area contributed by atoms with Gasteiger partial charge in [-0.15, -0.1) is 22.7 Å². The first-order valence-electron chi connectivity index (χ1n) is 28.6. The maximum atomic E-state index is 14.1. The van der Waals surface area contributed by atoms with Crippen molar-refractivity contribution in [3.8, 4) is 23.7 Å². The van der Waals surface area contributed by atoms with Gasteiger partial charge in [0.15, 0.2) is 0 Å². The first-order chi connectivity index (χ1) is 37.7. The van der Waals surface area contributed by atoms with E-state index < -0.39 is 35.1 Å². The summed E-state index contributed by atoms with van der Waals surface area (Å²) >= 11 is 1.85. The van der Waals surface area contributed by atoms with Crippen molar-refractivity contribution in [3.63, 3.8) is 0 Å². The number of carboxylic acid groups (broad SMARTS) is 1. The van der Waals surface area contributed by atoms with Crippen LogP contribution in [0.4, 0.5) is 37.7 Å². The van der Waals surface area contributed by atoms with E-state index in [1.807, 2.05) is 0 Å². The molecule has 8 aliphatic rings. The molecule has 2 saturated heterocycles. The van der Waals surface area contributed by atoms with Crippen LogP contribution in [0.3, 0.4) is 0 Å². The van der Waals surface area contributed by atoms with Crippen LogP contribution >= 0.6 is 22.7 Å². The molecule has 2 unspecified atom stereocenters. The molecule has 0 radical (unpaired) electrons. The van der Waals surface area contributed by atoms with E-state index in [1.165, 1.54) is 13.2 Å². The van der Waals surface area contributed by atoms with E-state index in [0.29, 0.717) is 74.5 Å². The molecule has 10 rings (SSSR count). The van der Waals surface area contributed by atoms with E-state index in [0.717, 1.165) is 113 Å². The van der Waals surface area contributed by atoms with Gasteiger partial charge in [-0.3, -0.25) is 9.59 Å². The van der Waals surface area contributed by atoms with E-state index in [1.54, 1.807) is 15.9 Å². The molecule has 4 heterocycles. The largest absolute Gasteiger partial charge is 1.00 e. The molecule has 6 saturated carbocycles. The van der Waals surface area contributed by atoms with Gasteiger partial charge in [-0.05, 0) is 165 Å². The van der Waals surface area contributed by atoms with Gasteiger partial charge in [-0.2, -0.15) is 26.3 Å². The molecule has 6 aliphatic carbocycles. The maximum absolute atomic E-state index is 14.1. The van der Waals surface area contributed by atoms with Gasteiger partial charge in [0, 0.05) is 37.1 Å². The maximum Gasteiger partial charge on any atom is 1.00 e. The third-order valence-corrected chi connectivity index (χ3v) is 19.8. The number of ether oxygens (including phenoxy) is 5. The number of carbonyl (C=O) groups is 4. The Labute approximate surface area is 501 Å². The van der Waals surface area contributed by atoms with Gasteiger partial charge in [-0.1, -0.05) is 37.5 Å².